The first kappa shape index (κ1) is 26.0. The fourth-order valence-electron chi connectivity index (χ4n) is 4.84. The predicted molar refractivity (Wildman–Crippen MR) is 138 cm³/mol. The number of methoxy groups -OCH3 is 1. The third kappa shape index (κ3) is 4.43. The predicted octanol–water partition coefficient (Wildman–Crippen LogP) is 4.30. The zero-order chi connectivity index (χ0) is 26.8. The highest BCUT2D eigenvalue weighted by Gasteiger charge is 2.46. The van der Waals surface area contributed by atoms with Crippen LogP contribution in [0.2, 0.25) is 19.6 Å². The highest BCUT2D eigenvalue weighted by molar-refractivity contribution is 6.83. The number of ether oxygens (including phenoxy) is 2. The van der Waals surface area contributed by atoms with Gasteiger partial charge in [-0.2, -0.15) is 0 Å². The van der Waals surface area contributed by atoms with E-state index in [4.69, 9.17) is 9.47 Å². The molecule has 0 unspecified atom stereocenters. The highest BCUT2D eigenvalue weighted by atomic mass is 28.3. The molecule has 7 nitrogen and oxygen atoms in total. The van der Waals surface area contributed by atoms with Gasteiger partial charge in [-0.1, -0.05) is 37.7 Å². The molecule has 2 aliphatic carbocycles. The van der Waals surface area contributed by atoms with Crippen molar-refractivity contribution in [2.45, 2.75) is 70.6 Å². The number of rotatable bonds is 2. The number of carbonyl (C=O) groups excluding carboxylic acids is 2. The maximum atomic E-state index is 13.6. The lowest BCUT2D eigenvalue weighted by molar-refractivity contribution is -0.0956. The number of fused-ring (bicyclic) bond motifs is 3. The van der Waals surface area contributed by atoms with E-state index in [0.717, 1.165) is 0 Å². The van der Waals surface area contributed by atoms with Crippen LogP contribution in [0.15, 0.2) is 18.2 Å². The number of phenolic OH excluding ortho intramolecular Hbond substituents is 2. The Hall–Kier alpha value is -3.12. The summed E-state index contributed by atoms with van der Waals surface area (Å²) < 4.78 is 11.5. The maximum Gasteiger partial charge on any atom is 0.202 e. The lowest BCUT2D eigenvalue weighted by atomic mass is 9.73. The summed E-state index contributed by atoms with van der Waals surface area (Å²) in [6.45, 7) is 11.7. The van der Waals surface area contributed by atoms with E-state index in [1.165, 1.54) is 13.2 Å². The van der Waals surface area contributed by atoms with Crippen LogP contribution in [0.5, 0.6) is 17.2 Å². The molecule has 0 aliphatic heterocycles. The van der Waals surface area contributed by atoms with Crippen LogP contribution >= 0.6 is 0 Å². The van der Waals surface area contributed by atoms with Crippen molar-refractivity contribution < 1.29 is 34.4 Å². The Labute approximate surface area is 212 Å². The number of hydrogen-bond donors (Lipinski definition) is 3. The van der Waals surface area contributed by atoms with E-state index >= 15 is 0 Å². The van der Waals surface area contributed by atoms with Crippen LogP contribution < -0.4 is 4.74 Å². The quantitative estimate of drug-likeness (QED) is 0.269. The minimum Gasteiger partial charge on any atom is -0.507 e. The fourth-order valence-corrected chi connectivity index (χ4v) is 5.45. The summed E-state index contributed by atoms with van der Waals surface area (Å²) in [6, 6.07) is 4.63. The van der Waals surface area contributed by atoms with Gasteiger partial charge in [-0.15, -0.1) is 5.54 Å². The average Bonchev–Trinajstić information content (AvgIpc) is 2.76. The Morgan fingerprint density at radius 1 is 1.03 bits per heavy atom. The third-order valence-corrected chi connectivity index (χ3v) is 7.12. The van der Waals surface area contributed by atoms with Gasteiger partial charge < -0.3 is 24.8 Å². The van der Waals surface area contributed by atoms with Crippen LogP contribution in [0.1, 0.15) is 76.3 Å². The lowest BCUT2D eigenvalue weighted by Gasteiger charge is -2.39. The smallest absolute Gasteiger partial charge is 0.202 e. The van der Waals surface area contributed by atoms with E-state index in [1.807, 2.05) is 20.8 Å². The molecule has 0 radical (unpaired) electrons. The number of ketones is 2. The van der Waals surface area contributed by atoms with Crippen LogP contribution in [0.4, 0.5) is 0 Å². The van der Waals surface area contributed by atoms with Crippen molar-refractivity contribution in [3.05, 3.63) is 51.6 Å². The second kappa shape index (κ2) is 8.48. The van der Waals surface area contributed by atoms with Crippen molar-refractivity contribution in [1.29, 1.82) is 0 Å². The van der Waals surface area contributed by atoms with Crippen molar-refractivity contribution in [2.75, 3.05) is 7.11 Å². The second-order valence-corrected chi connectivity index (χ2v) is 16.3. The number of hydrogen-bond acceptors (Lipinski definition) is 7. The van der Waals surface area contributed by atoms with Crippen molar-refractivity contribution in [1.82, 2.24) is 0 Å². The van der Waals surface area contributed by atoms with E-state index in [-0.39, 0.29) is 52.0 Å². The van der Waals surface area contributed by atoms with Crippen LogP contribution in [0.25, 0.3) is 0 Å². The van der Waals surface area contributed by atoms with Crippen LogP contribution in [0.3, 0.4) is 0 Å². The molecule has 2 aliphatic rings. The van der Waals surface area contributed by atoms with Crippen LogP contribution in [-0.4, -0.2) is 53.3 Å². The molecule has 36 heavy (non-hydrogen) atoms. The number of phenols is 2. The molecule has 190 valence electrons. The molecule has 2 aromatic carbocycles. The summed E-state index contributed by atoms with van der Waals surface area (Å²) in [5, 5.41) is 34.4. The molecule has 0 amide bonds. The first-order chi connectivity index (χ1) is 16.6. The van der Waals surface area contributed by atoms with Gasteiger partial charge in [-0.05, 0) is 26.8 Å². The first-order valence-corrected chi connectivity index (χ1v) is 15.4. The number of aromatic hydroxyl groups is 2. The molecule has 0 aromatic heterocycles. The first-order valence-electron chi connectivity index (χ1n) is 11.9. The Bertz CT molecular complexity index is 1350. The Morgan fingerprint density at radius 2 is 1.67 bits per heavy atom. The zero-order valence-corrected chi connectivity index (χ0v) is 22.7. The molecule has 4 rings (SSSR count). The van der Waals surface area contributed by atoms with Crippen molar-refractivity contribution in [3.8, 4) is 28.7 Å². The maximum absolute atomic E-state index is 13.6. The number of carbonyl (C=O) groups is 2. The molecule has 0 fully saturated rings. The molecule has 2 aromatic rings. The summed E-state index contributed by atoms with van der Waals surface area (Å²) in [4.78, 5) is 27.1. The standard InChI is InChI=1S/C28H32O7Si/c1-27(2,3)35-18-14-28(33,11-12-36(5,6)7)13-16-20(18)26(32)22-21(24(16)30)23(29)15-9-8-10-17(34-4)19(15)25(22)31/h8-10,18,30,32-33H,13-14H2,1-7H3/t18-,28-/m1/s1. The zero-order valence-electron chi connectivity index (χ0n) is 21.7. The molecular formula is C28H32O7Si. The van der Waals surface area contributed by atoms with Gasteiger partial charge in [-0.3, -0.25) is 9.59 Å². The Balaban J connectivity index is 2.00. The summed E-state index contributed by atoms with van der Waals surface area (Å²) in [5.41, 5.74) is 0.857. The van der Waals surface area contributed by atoms with Crippen molar-refractivity contribution >= 4 is 19.6 Å². The molecule has 0 spiro atoms. The highest BCUT2D eigenvalue weighted by Crippen LogP contribution is 2.52. The average molecular weight is 509 g/mol. The SMILES string of the molecule is COc1cccc2c1C(=O)c1c(O)c3c(c(O)c1C2=O)C[C@](O)(C#C[Si](C)(C)C)C[C@H]3OC(C)(C)C. The van der Waals surface area contributed by atoms with E-state index in [9.17, 15) is 24.9 Å². The van der Waals surface area contributed by atoms with Crippen molar-refractivity contribution in [3.63, 3.8) is 0 Å². The monoisotopic (exact) mass is 508 g/mol. The van der Waals surface area contributed by atoms with Gasteiger partial charge in [0, 0.05) is 29.5 Å². The third-order valence-electron chi connectivity index (χ3n) is 6.24. The molecule has 0 saturated heterocycles. The fraction of sp³-hybridized carbons (Fsp3) is 0.429. The molecule has 0 heterocycles. The Morgan fingerprint density at radius 3 is 2.25 bits per heavy atom. The van der Waals surface area contributed by atoms with Gasteiger partial charge in [0.25, 0.3) is 0 Å². The normalized spacial score (nSPS) is 21.2. The van der Waals surface area contributed by atoms with Gasteiger partial charge >= 0.3 is 0 Å². The molecule has 3 N–H and O–H groups in total. The summed E-state index contributed by atoms with van der Waals surface area (Å²) >= 11 is 0. The van der Waals surface area contributed by atoms with Gasteiger partial charge in [0.2, 0.25) is 5.78 Å². The second-order valence-electron chi connectivity index (χ2n) is 11.5. The summed E-state index contributed by atoms with van der Waals surface area (Å²) in [6.07, 6.45) is -0.973. The van der Waals surface area contributed by atoms with Gasteiger partial charge in [0.1, 0.15) is 30.9 Å². The molecule has 2 atom stereocenters. The van der Waals surface area contributed by atoms with E-state index in [0.29, 0.717) is 0 Å². The minimum atomic E-state index is -1.85. The number of benzene rings is 2. The van der Waals surface area contributed by atoms with Gasteiger partial charge in [0.15, 0.2) is 5.78 Å². The largest absolute Gasteiger partial charge is 0.507 e. The van der Waals surface area contributed by atoms with E-state index in [1.54, 1.807) is 12.1 Å². The van der Waals surface area contributed by atoms with Crippen LogP contribution in [0, 0.1) is 11.5 Å². The van der Waals surface area contributed by atoms with Gasteiger partial charge in [0.05, 0.1) is 35.5 Å². The van der Waals surface area contributed by atoms with Crippen molar-refractivity contribution in [2.24, 2.45) is 0 Å². The summed E-state index contributed by atoms with van der Waals surface area (Å²) in [7, 11) is -0.458. The molecule has 0 saturated carbocycles. The number of aliphatic hydroxyl groups is 1. The molecule has 0 bridgehead atoms. The van der Waals surface area contributed by atoms with Crippen LogP contribution in [-0.2, 0) is 11.2 Å². The Kier molecular flexibility index (Phi) is 6.11. The minimum absolute atomic E-state index is 0.0303. The molecule has 8 heteroatoms. The van der Waals surface area contributed by atoms with E-state index in [2.05, 4.69) is 31.1 Å². The van der Waals surface area contributed by atoms with E-state index < -0.39 is 48.4 Å². The van der Waals surface area contributed by atoms with Gasteiger partial charge in [-0.25, -0.2) is 0 Å². The summed E-state index contributed by atoms with van der Waals surface area (Å²) in [5.74, 6) is 1.10. The topological polar surface area (TPSA) is 113 Å². The lowest BCUT2D eigenvalue weighted by Crippen LogP contribution is -2.40. The molecular weight excluding hydrogens is 476 g/mol.